The van der Waals surface area contributed by atoms with Gasteiger partial charge >= 0.3 is 0 Å². The van der Waals surface area contributed by atoms with Crippen molar-refractivity contribution < 1.29 is 14.3 Å². The van der Waals surface area contributed by atoms with E-state index in [9.17, 15) is 9.59 Å². The first-order chi connectivity index (χ1) is 9.74. The molecule has 0 saturated heterocycles. The molecule has 21 heavy (non-hydrogen) atoms. The Balaban J connectivity index is 2.41. The fourth-order valence-corrected chi connectivity index (χ4v) is 2.55. The third-order valence-corrected chi connectivity index (χ3v) is 3.90. The molecule has 0 saturated carbocycles. The topological polar surface area (TPSA) is 95.4 Å². The van der Waals surface area contributed by atoms with Crippen LogP contribution in [0.25, 0.3) is 0 Å². The standard InChI is InChI=1S/C16H20N2O3/c1-9-5-4-6-11(7-9)10(2)13-12(14(17)19)8-16(3,21-13)15(18)20/h4-7,10H,8H2,1-3H3,(H2,17,19)(H2,18,20). The van der Waals surface area contributed by atoms with Gasteiger partial charge in [-0.25, -0.2) is 0 Å². The van der Waals surface area contributed by atoms with Crippen LogP contribution >= 0.6 is 0 Å². The number of amides is 2. The molecule has 1 aliphatic heterocycles. The van der Waals surface area contributed by atoms with Gasteiger partial charge in [0, 0.05) is 12.3 Å². The van der Waals surface area contributed by atoms with E-state index in [2.05, 4.69) is 0 Å². The molecule has 2 unspecified atom stereocenters. The lowest BCUT2D eigenvalue weighted by molar-refractivity contribution is -0.134. The monoisotopic (exact) mass is 288 g/mol. The average Bonchev–Trinajstić information content (AvgIpc) is 2.78. The van der Waals surface area contributed by atoms with Crippen LogP contribution in [-0.4, -0.2) is 17.4 Å². The number of carbonyl (C=O) groups is 2. The molecule has 0 bridgehead atoms. The van der Waals surface area contributed by atoms with Crippen LogP contribution in [0.15, 0.2) is 35.6 Å². The smallest absolute Gasteiger partial charge is 0.261 e. The zero-order valence-electron chi connectivity index (χ0n) is 12.5. The summed E-state index contributed by atoms with van der Waals surface area (Å²) in [4.78, 5) is 23.2. The van der Waals surface area contributed by atoms with Gasteiger partial charge in [-0.3, -0.25) is 9.59 Å². The molecule has 1 aromatic carbocycles. The lowest BCUT2D eigenvalue weighted by Gasteiger charge is -2.23. The number of aryl methyl sites for hydroxylation is 1. The second-order valence-electron chi connectivity index (χ2n) is 5.72. The molecule has 0 aromatic heterocycles. The summed E-state index contributed by atoms with van der Waals surface area (Å²) in [6.45, 7) is 5.48. The number of ether oxygens (including phenoxy) is 1. The Morgan fingerprint density at radius 2 is 2.00 bits per heavy atom. The van der Waals surface area contributed by atoms with E-state index < -0.39 is 17.4 Å². The average molecular weight is 288 g/mol. The minimum absolute atomic E-state index is 0.114. The molecule has 1 aromatic rings. The van der Waals surface area contributed by atoms with Gasteiger partial charge < -0.3 is 16.2 Å². The van der Waals surface area contributed by atoms with Crippen LogP contribution in [0.5, 0.6) is 0 Å². The Labute approximate surface area is 124 Å². The molecule has 112 valence electrons. The lowest BCUT2D eigenvalue weighted by Crippen LogP contribution is -2.41. The molecule has 2 atom stereocenters. The van der Waals surface area contributed by atoms with E-state index in [0.29, 0.717) is 11.3 Å². The van der Waals surface area contributed by atoms with E-state index in [1.54, 1.807) is 6.92 Å². The first kappa shape index (κ1) is 15.1. The van der Waals surface area contributed by atoms with Gasteiger partial charge in [0.25, 0.3) is 5.91 Å². The third-order valence-electron chi connectivity index (χ3n) is 3.90. The Hall–Kier alpha value is -2.30. The van der Waals surface area contributed by atoms with E-state index in [0.717, 1.165) is 11.1 Å². The maximum absolute atomic E-state index is 11.7. The third kappa shape index (κ3) is 2.77. The fourth-order valence-electron chi connectivity index (χ4n) is 2.55. The van der Waals surface area contributed by atoms with Crippen molar-refractivity contribution in [3.05, 3.63) is 46.7 Å². The van der Waals surface area contributed by atoms with Gasteiger partial charge in [0.15, 0.2) is 5.60 Å². The normalized spacial score (nSPS) is 22.8. The number of hydrogen-bond donors (Lipinski definition) is 2. The van der Waals surface area contributed by atoms with Crippen LogP contribution < -0.4 is 11.5 Å². The summed E-state index contributed by atoms with van der Waals surface area (Å²) in [7, 11) is 0. The van der Waals surface area contributed by atoms with Crippen molar-refractivity contribution in [2.75, 3.05) is 0 Å². The summed E-state index contributed by atoms with van der Waals surface area (Å²) >= 11 is 0. The summed E-state index contributed by atoms with van der Waals surface area (Å²) in [5, 5.41) is 0. The predicted molar refractivity (Wildman–Crippen MR) is 79.1 cm³/mol. The molecular formula is C16H20N2O3. The highest BCUT2D eigenvalue weighted by molar-refractivity contribution is 5.96. The number of nitrogens with two attached hydrogens (primary N) is 2. The molecule has 0 radical (unpaired) electrons. The van der Waals surface area contributed by atoms with Gasteiger partial charge in [-0.2, -0.15) is 0 Å². The molecule has 5 heteroatoms. The van der Waals surface area contributed by atoms with Gasteiger partial charge in [-0.15, -0.1) is 0 Å². The molecule has 2 amide bonds. The summed E-state index contributed by atoms with van der Waals surface area (Å²) < 4.78 is 5.74. The molecule has 1 aliphatic rings. The van der Waals surface area contributed by atoms with Crippen LogP contribution in [0, 0.1) is 6.92 Å². The molecule has 4 N–H and O–H groups in total. The van der Waals surface area contributed by atoms with Gasteiger partial charge in [0.2, 0.25) is 5.91 Å². The minimum Gasteiger partial charge on any atom is -0.481 e. The number of benzene rings is 1. The van der Waals surface area contributed by atoms with Crippen LogP contribution in [0.3, 0.4) is 0 Å². The zero-order chi connectivity index (χ0) is 15.8. The SMILES string of the molecule is Cc1cccc(C(C)C2=C(C(N)=O)CC(C)(C(N)=O)O2)c1. The van der Waals surface area contributed by atoms with E-state index in [1.165, 1.54) is 0 Å². The van der Waals surface area contributed by atoms with Crippen molar-refractivity contribution in [1.29, 1.82) is 0 Å². The van der Waals surface area contributed by atoms with E-state index in [4.69, 9.17) is 16.2 Å². The summed E-state index contributed by atoms with van der Waals surface area (Å²) in [5.41, 5.74) is 12.0. The first-order valence-corrected chi connectivity index (χ1v) is 6.83. The largest absolute Gasteiger partial charge is 0.481 e. The summed E-state index contributed by atoms with van der Waals surface area (Å²) in [6.07, 6.45) is 0.114. The molecule has 0 fully saturated rings. The maximum Gasteiger partial charge on any atom is 0.261 e. The molecule has 0 spiro atoms. The van der Waals surface area contributed by atoms with E-state index >= 15 is 0 Å². The Bertz CT molecular complexity index is 636. The predicted octanol–water partition coefficient (Wildman–Crippen LogP) is 1.50. The van der Waals surface area contributed by atoms with Crippen molar-refractivity contribution in [3.8, 4) is 0 Å². The second kappa shape index (κ2) is 5.24. The van der Waals surface area contributed by atoms with Crippen molar-refractivity contribution in [2.45, 2.75) is 38.7 Å². The fraction of sp³-hybridized carbons (Fsp3) is 0.375. The van der Waals surface area contributed by atoms with Gasteiger partial charge in [-0.05, 0) is 19.4 Å². The highest BCUT2D eigenvalue weighted by Crippen LogP contribution is 2.40. The van der Waals surface area contributed by atoms with Crippen molar-refractivity contribution in [2.24, 2.45) is 11.5 Å². The maximum atomic E-state index is 11.7. The number of rotatable bonds is 4. The number of allylic oxidation sites excluding steroid dienone is 1. The minimum atomic E-state index is -1.21. The Morgan fingerprint density at radius 3 is 2.52 bits per heavy atom. The van der Waals surface area contributed by atoms with Gasteiger partial charge in [0.1, 0.15) is 5.76 Å². The van der Waals surface area contributed by atoms with Crippen LogP contribution in [0.1, 0.15) is 37.3 Å². The van der Waals surface area contributed by atoms with Gasteiger partial charge in [-0.1, -0.05) is 36.8 Å². The van der Waals surface area contributed by atoms with Crippen molar-refractivity contribution >= 4 is 11.8 Å². The molecule has 0 aliphatic carbocycles. The van der Waals surface area contributed by atoms with Crippen molar-refractivity contribution in [1.82, 2.24) is 0 Å². The number of hydrogen-bond acceptors (Lipinski definition) is 3. The Kier molecular flexibility index (Phi) is 3.77. The summed E-state index contributed by atoms with van der Waals surface area (Å²) in [5.74, 6) is -0.912. The molecular weight excluding hydrogens is 268 g/mol. The summed E-state index contributed by atoms with van der Waals surface area (Å²) in [6, 6.07) is 7.89. The zero-order valence-corrected chi connectivity index (χ0v) is 12.5. The first-order valence-electron chi connectivity index (χ1n) is 6.83. The van der Waals surface area contributed by atoms with Crippen LogP contribution in [0.4, 0.5) is 0 Å². The lowest BCUT2D eigenvalue weighted by atomic mass is 9.93. The van der Waals surface area contributed by atoms with Crippen LogP contribution in [-0.2, 0) is 14.3 Å². The number of carbonyl (C=O) groups excluding carboxylic acids is 2. The second-order valence-corrected chi connectivity index (χ2v) is 5.72. The highest BCUT2D eigenvalue weighted by Gasteiger charge is 2.44. The highest BCUT2D eigenvalue weighted by atomic mass is 16.5. The van der Waals surface area contributed by atoms with Gasteiger partial charge in [0.05, 0.1) is 5.57 Å². The molecule has 5 nitrogen and oxygen atoms in total. The molecule has 2 rings (SSSR count). The quantitative estimate of drug-likeness (QED) is 0.878. The Morgan fingerprint density at radius 1 is 1.33 bits per heavy atom. The van der Waals surface area contributed by atoms with Crippen molar-refractivity contribution in [3.63, 3.8) is 0 Å². The number of primary amides is 2. The van der Waals surface area contributed by atoms with E-state index in [1.807, 2.05) is 38.1 Å². The van der Waals surface area contributed by atoms with Crippen LogP contribution in [0.2, 0.25) is 0 Å². The molecule has 1 heterocycles. The van der Waals surface area contributed by atoms with E-state index in [-0.39, 0.29) is 12.3 Å².